The van der Waals surface area contributed by atoms with Crippen LogP contribution in [0.2, 0.25) is 0 Å². The van der Waals surface area contributed by atoms with Crippen LogP contribution in [0, 0.1) is 5.41 Å². The van der Waals surface area contributed by atoms with E-state index in [-0.39, 0.29) is 11.9 Å². The van der Waals surface area contributed by atoms with E-state index in [1.807, 2.05) is 6.92 Å². The fraction of sp³-hybridized carbons (Fsp3) is 0.917. The molecular weight excluding hydrogens is 216 g/mol. The molecule has 2 unspecified atom stereocenters. The van der Waals surface area contributed by atoms with Crippen LogP contribution >= 0.6 is 0 Å². The quantitative estimate of drug-likeness (QED) is 0.521. The van der Waals surface area contributed by atoms with Crippen LogP contribution in [0.5, 0.6) is 0 Å². The van der Waals surface area contributed by atoms with Gasteiger partial charge in [-0.1, -0.05) is 0 Å². The van der Waals surface area contributed by atoms with Gasteiger partial charge < -0.3 is 15.4 Å². The van der Waals surface area contributed by atoms with Crippen molar-refractivity contribution in [3.05, 3.63) is 0 Å². The molecule has 0 aromatic heterocycles. The van der Waals surface area contributed by atoms with Crippen LogP contribution in [0.3, 0.4) is 0 Å². The van der Waals surface area contributed by atoms with Crippen molar-refractivity contribution in [2.75, 3.05) is 40.3 Å². The van der Waals surface area contributed by atoms with Crippen LogP contribution < -0.4 is 5.73 Å². The minimum atomic E-state index is -0.260. The molecule has 1 fully saturated rings. The number of piperidine rings is 1. The third-order valence-electron chi connectivity index (χ3n) is 3.42. The van der Waals surface area contributed by atoms with E-state index in [4.69, 9.17) is 15.9 Å². The summed E-state index contributed by atoms with van der Waals surface area (Å²) in [4.78, 5) is 4.73. The molecule has 1 aliphatic rings. The molecule has 1 saturated heterocycles. The first-order valence-electron chi connectivity index (χ1n) is 6.35. The summed E-state index contributed by atoms with van der Waals surface area (Å²) in [6.45, 7) is 5.68. The van der Waals surface area contributed by atoms with Crippen LogP contribution in [0.25, 0.3) is 0 Å². The van der Waals surface area contributed by atoms with Gasteiger partial charge in [0.2, 0.25) is 0 Å². The fourth-order valence-corrected chi connectivity index (χ4v) is 2.10. The first kappa shape index (κ1) is 14.4. The maximum absolute atomic E-state index is 7.24. The van der Waals surface area contributed by atoms with Crippen molar-refractivity contribution < 1.29 is 4.74 Å². The highest BCUT2D eigenvalue weighted by atomic mass is 16.5. The van der Waals surface area contributed by atoms with Gasteiger partial charge in [-0.3, -0.25) is 10.3 Å². The van der Waals surface area contributed by atoms with E-state index in [0.29, 0.717) is 12.6 Å². The third kappa shape index (κ3) is 5.02. The van der Waals surface area contributed by atoms with E-state index in [9.17, 15) is 0 Å². The average molecular weight is 242 g/mol. The highest BCUT2D eigenvalue weighted by Gasteiger charge is 2.21. The summed E-state index contributed by atoms with van der Waals surface area (Å²) in [5.41, 5.74) is 5.35. The molecule has 2 atom stereocenters. The minimum absolute atomic E-state index is 0.106. The van der Waals surface area contributed by atoms with Crippen molar-refractivity contribution in [2.24, 2.45) is 5.73 Å². The van der Waals surface area contributed by atoms with Crippen LogP contribution in [0.1, 0.15) is 19.8 Å². The molecule has 0 radical (unpaired) electrons. The lowest BCUT2D eigenvalue weighted by Crippen LogP contribution is -2.46. The highest BCUT2D eigenvalue weighted by Crippen LogP contribution is 2.13. The lowest BCUT2D eigenvalue weighted by molar-refractivity contribution is 0.0620. The normalized spacial score (nSPS) is 23.9. The lowest BCUT2D eigenvalue weighted by Gasteiger charge is -2.36. The Morgan fingerprint density at radius 1 is 1.59 bits per heavy atom. The first-order valence-corrected chi connectivity index (χ1v) is 6.35. The number of nitrogens with zero attached hydrogens (tertiary/aromatic N) is 2. The number of likely N-dealkylation sites (tertiary alicyclic amines) is 1. The van der Waals surface area contributed by atoms with Crippen molar-refractivity contribution in [2.45, 2.75) is 31.9 Å². The SMILES string of the molecule is CC(OCCN1CCCC(N(C)C)C1)C(=N)N. The van der Waals surface area contributed by atoms with Crippen LogP contribution in [-0.2, 0) is 4.74 Å². The summed E-state index contributed by atoms with van der Waals surface area (Å²) in [5, 5.41) is 7.24. The van der Waals surface area contributed by atoms with E-state index in [1.54, 1.807) is 0 Å². The van der Waals surface area contributed by atoms with Gasteiger partial charge >= 0.3 is 0 Å². The molecule has 1 rings (SSSR count). The molecule has 0 amide bonds. The lowest BCUT2D eigenvalue weighted by atomic mass is 10.1. The number of nitrogens with two attached hydrogens (primary N) is 1. The Kier molecular flexibility index (Phi) is 5.88. The molecule has 0 saturated carbocycles. The Bertz CT molecular complexity index is 245. The van der Waals surface area contributed by atoms with Crippen molar-refractivity contribution in [1.29, 1.82) is 5.41 Å². The molecule has 5 heteroatoms. The van der Waals surface area contributed by atoms with Gasteiger partial charge in [-0.05, 0) is 40.4 Å². The Hall–Kier alpha value is -0.650. The fourth-order valence-electron chi connectivity index (χ4n) is 2.10. The molecule has 17 heavy (non-hydrogen) atoms. The van der Waals surface area contributed by atoms with Crippen LogP contribution in [0.4, 0.5) is 0 Å². The molecule has 1 heterocycles. The smallest absolute Gasteiger partial charge is 0.120 e. The van der Waals surface area contributed by atoms with Crippen molar-refractivity contribution in [3.8, 4) is 0 Å². The predicted molar refractivity (Wildman–Crippen MR) is 70.5 cm³/mol. The van der Waals surface area contributed by atoms with E-state index < -0.39 is 0 Å². The zero-order valence-electron chi connectivity index (χ0n) is 11.3. The molecule has 0 bridgehead atoms. The number of nitrogens with one attached hydrogen (secondary N) is 1. The van der Waals surface area contributed by atoms with Gasteiger partial charge in [-0.2, -0.15) is 0 Å². The predicted octanol–water partition coefficient (Wildman–Crippen LogP) is 0.353. The van der Waals surface area contributed by atoms with Crippen LogP contribution in [0.15, 0.2) is 0 Å². The van der Waals surface area contributed by atoms with Crippen molar-refractivity contribution in [3.63, 3.8) is 0 Å². The molecule has 0 spiro atoms. The van der Waals surface area contributed by atoms with Crippen molar-refractivity contribution >= 4 is 5.84 Å². The third-order valence-corrected chi connectivity index (χ3v) is 3.42. The van der Waals surface area contributed by atoms with Gasteiger partial charge in [0.05, 0.1) is 6.61 Å². The van der Waals surface area contributed by atoms with E-state index >= 15 is 0 Å². The number of hydrogen-bond donors (Lipinski definition) is 2. The summed E-state index contributed by atoms with van der Waals surface area (Å²) in [5.74, 6) is 0.106. The zero-order valence-corrected chi connectivity index (χ0v) is 11.3. The molecule has 1 aliphatic heterocycles. The Morgan fingerprint density at radius 2 is 2.29 bits per heavy atom. The molecule has 0 aliphatic carbocycles. The van der Waals surface area contributed by atoms with Gasteiger partial charge in [0.25, 0.3) is 0 Å². The second-order valence-corrected chi connectivity index (χ2v) is 5.03. The summed E-state index contributed by atoms with van der Waals surface area (Å²) < 4.78 is 5.50. The zero-order chi connectivity index (χ0) is 12.8. The summed E-state index contributed by atoms with van der Waals surface area (Å²) in [6, 6.07) is 0.661. The molecular formula is C12H26N4O. The van der Waals surface area contributed by atoms with Gasteiger partial charge in [-0.15, -0.1) is 0 Å². The molecule has 100 valence electrons. The van der Waals surface area contributed by atoms with Crippen molar-refractivity contribution in [1.82, 2.24) is 9.80 Å². The average Bonchev–Trinajstić information content (AvgIpc) is 2.29. The molecule has 0 aromatic carbocycles. The minimum Gasteiger partial charge on any atom is -0.385 e. The number of likely N-dealkylation sites (N-methyl/N-ethyl adjacent to an activating group) is 1. The standard InChI is InChI=1S/C12H26N4O/c1-10(12(13)14)17-8-7-16-6-4-5-11(9-16)15(2)3/h10-11H,4-9H2,1-3H3,(H3,13,14). The van der Waals surface area contributed by atoms with Gasteiger partial charge in [-0.25, -0.2) is 0 Å². The topological polar surface area (TPSA) is 65.6 Å². The number of amidine groups is 1. The van der Waals surface area contributed by atoms with Crippen LogP contribution in [-0.4, -0.2) is 68.1 Å². The van der Waals surface area contributed by atoms with Gasteiger partial charge in [0, 0.05) is 19.1 Å². The summed E-state index contributed by atoms with van der Waals surface area (Å²) in [6.07, 6.45) is 2.28. The Labute approximate surface area is 104 Å². The number of ether oxygens (including phenoxy) is 1. The Morgan fingerprint density at radius 3 is 2.88 bits per heavy atom. The summed E-state index contributed by atoms with van der Waals surface area (Å²) >= 11 is 0. The number of rotatable bonds is 6. The Balaban J connectivity index is 2.21. The van der Waals surface area contributed by atoms with Gasteiger partial charge in [0.1, 0.15) is 11.9 Å². The largest absolute Gasteiger partial charge is 0.385 e. The highest BCUT2D eigenvalue weighted by molar-refractivity contribution is 5.81. The number of hydrogen-bond acceptors (Lipinski definition) is 4. The second kappa shape index (κ2) is 6.93. The maximum Gasteiger partial charge on any atom is 0.120 e. The molecule has 3 N–H and O–H groups in total. The maximum atomic E-state index is 7.24. The second-order valence-electron chi connectivity index (χ2n) is 5.03. The first-order chi connectivity index (χ1) is 8.00. The molecule has 5 nitrogen and oxygen atoms in total. The summed E-state index contributed by atoms with van der Waals surface area (Å²) in [7, 11) is 4.28. The van der Waals surface area contributed by atoms with E-state index in [2.05, 4.69) is 23.9 Å². The van der Waals surface area contributed by atoms with E-state index in [0.717, 1.165) is 19.6 Å². The van der Waals surface area contributed by atoms with E-state index in [1.165, 1.54) is 12.8 Å². The van der Waals surface area contributed by atoms with Gasteiger partial charge in [0.15, 0.2) is 0 Å². The monoisotopic (exact) mass is 242 g/mol. The molecule has 0 aromatic rings.